The second kappa shape index (κ2) is 7.54. The van der Waals surface area contributed by atoms with Crippen molar-refractivity contribution in [1.29, 1.82) is 0 Å². The molecule has 162 valence electrons. The van der Waals surface area contributed by atoms with Crippen molar-refractivity contribution < 1.29 is 15.3 Å². The summed E-state index contributed by atoms with van der Waals surface area (Å²) in [6.45, 7) is 9.45. The van der Waals surface area contributed by atoms with Crippen LogP contribution in [0, 0.1) is 46.3 Å². The Labute approximate surface area is 172 Å². The van der Waals surface area contributed by atoms with Gasteiger partial charge in [-0.1, -0.05) is 47.0 Å². The van der Waals surface area contributed by atoms with E-state index in [0.717, 1.165) is 32.1 Å². The van der Waals surface area contributed by atoms with Crippen molar-refractivity contribution in [3.05, 3.63) is 0 Å². The molecule has 4 saturated carbocycles. The third-order valence-corrected chi connectivity index (χ3v) is 10.5. The van der Waals surface area contributed by atoms with E-state index >= 15 is 0 Å². The zero-order chi connectivity index (χ0) is 20.3. The maximum Gasteiger partial charge on any atom is 0.0602 e. The summed E-state index contributed by atoms with van der Waals surface area (Å²) in [5.74, 6) is 2.86. The highest BCUT2D eigenvalue weighted by atomic mass is 16.3. The zero-order valence-electron chi connectivity index (χ0n) is 18.6. The highest BCUT2D eigenvalue weighted by Crippen LogP contribution is 2.68. The quantitative estimate of drug-likeness (QED) is 0.645. The number of unbranched alkanes of at least 4 members (excludes halogenated alkanes) is 1. The highest BCUT2D eigenvalue weighted by Gasteiger charge is 2.65. The van der Waals surface area contributed by atoms with Crippen LogP contribution in [-0.2, 0) is 0 Å². The molecule has 0 aromatic carbocycles. The van der Waals surface area contributed by atoms with Crippen LogP contribution in [0.1, 0.15) is 91.9 Å². The molecule has 0 aliphatic heterocycles. The molecule has 3 nitrogen and oxygen atoms in total. The maximum absolute atomic E-state index is 11.5. The van der Waals surface area contributed by atoms with Gasteiger partial charge in [-0.05, 0) is 91.3 Å². The van der Waals surface area contributed by atoms with E-state index in [9.17, 15) is 15.3 Å². The largest absolute Gasteiger partial charge is 0.393 e. The smallest absolute Gasteiger partial charge is 0.0602 e. The van der Waals surface area contributed by atoms with Gasteiger partial charge in [0.25, 0.3) is 0 Å². The molecule has 0 aromatic heterocycles. The van der Waals surface area contributed by atoms with Crippen LogP contribution in [0.5, 0.6) is 0 Å². The standard InChI is InChI=1S/C25H44O3/c1-5-6-7-15(2)18-8-9-19-23-20(14-22(28)25(18,19)4)24(3)11-10-17(26)12-16(24)13-21(23)27/h15-23,26-28H,5-14H2,1-4H3/t15-,16+,17-,18-,19?,20?,21?,22-,23?,24+,25-/m1/s1. The van der Waals surface area contributed by atoms with Crippen LogP contribution in [0.3, 0.4) is 0 Å². The molecule has 0 saturated heterocycles. The van der Waals surface area contributed by atoms with E-state index < -0.39 is 0 Å². The van der Waals surface area contributed by atoms with E-state index in [4.69, 9.17) is 0 Å². The first kappa shape index (κ1) is 21.1. The van der Waals surface area contributed by atoms with Gasteiger partial charge in [-0.3, -0.25) is 0 Å². The second-order valence-electron chi connectivity index (χ2n) is 11.6. The molecule has 0 amide bonds. The highest BCUT2D eigenvalue weighted by molar-refractivity contribution is 5.14. The molecule has 4 unspecified atom stereocenters. The van der Waals surface area contributed by atoms with E-state index in [1.807, 2.05) is 0 Å². The Balaban J connectivity index is 1.62. The molecular weight excluding hydrogens is 348 g/mol. The Bertz CT molecular complexity index is 564. The predicted molar refractivity (Wildman–Crippen MR) is 113 cm³/mol. The second-order valence-corrected chi connectivity index (χ2v) is 11.6. The first-order valence-corrected chi connectivity index (χ1v) is 12.3. The van der Waals surface area contributed by atoms with Crippen LogP contribution < -0.4 is 0 Å². The van der Waals surface area contributed by atoms with E-state index in [1.165, 1.54) is 32.1 Å². The summed E-state index contributed by atoms with van der Waals surface area (Å²) >= 11 is 0. The lowest BCUT2D eigenvalue weighted by atomic mass is 9.43. The third-order valence-electron chi connectivity index (χ3n) is 10.5. The molecule has 0 heterocycles. The molecule has 4 aliphatic carbocycles. The minimum absolute atomic E-state index is 0.0350. The summed E-state index contributed by atoms with van der Waals surface area (Å²) in [7, 11) is 0. The Morgan fingerprint density at radius 2 is 1.71 bits per heavy atom. The average molecular weight is 393 g/mol. The van der Waals surface area contributed by atoms with Crippen LogP contribution in [0.4, 0.5) is 0 Å². The molecule has 0 bridgehead atoms. The SMILES string of the molecule is CCCC[C@@H](C)[C@H]1CCC2C3C(O)C[C@@H]4C[C@H](O)CC[C@]4(C)C3C[C@@H](O)[C@@]21C. The number of fused-ring (bicyclic) bond motifs is 5. The predicted octanol–water partition coefficient (Wildman–Crippen LogP) is 4.77. The van der Waals surface area contributed by atoms with Gasteiger partial charge in [-0.15, -0.1) is 0 Å². The van der Waals surface area contributed by atoms with Crippen LogP contribution in [0.2, 0.25) is 0 Å². The first-order valence-electron chi connectivity index (χ1n) is 12.3. The Morgan fingerprint density at radius 3 is 2.43 bits per heavy atom. The fourth-order valence-corrected chi connectivity index (χ4v) is 8.86. The third kappa shape index (κ3) is 3.02. The van der Waals surface area contributed by atoms with Crippen LogP contribution in [0.25, 0.3) is 0 Å². The Hall–Kier alpha value is -0.120. The average Bonchev–Trinajstić information content (AvgIpc) is 3.01. The number of aliphatic hydroxyl groups excluding tert-OH is 3. The first-order chi connectivity index (χ1) is 13.2. The molecular formula is C25H44O3. The van der Waals surface area contributed by atoms with E-state index in [2.05, 4.69) is 27.7 Å². The lowest BCUT2D eigenvalue weighted by molar-refractivity contribution is -0.207. The summed E-state index contributed by atoms with van der Waals surface area (Å²) < 4.78 is 0. The molecule has 0 aromatic rings. The zero-order valence-corrected chi connectivity index (χ0v) is 18.6. The van der Waals surface area contributed by atoms with Crippen LogP contribution in [0.15, 0.2) is 0 Å². The molecule has 11 atom stereocenters. The van der Waals surface area contributed by atoms with Crippen molar-refractivity contribution in [2.45, 2.75) is 110 Å². The summed E-state index contributed by atoms with van der Waals surface area (Å²) in [5, 5.41) is 33.1. The summed E-state index contributed by atoms with van der Waals surface area (Å²) in [6, 6.07) is 0. The topological polar surface area (TPSA) is 60.7 Å². The molecule has 28 heavy (non-hydrogen) atoms. The number of rotatable bonds is 4. The van der Waals surface area contributed by atoms with Crippen molar-refractivity contribution in [2.75, 3.05) is 0 Å². The normalized spacial score (nSPS) is 54.5. The van der Waals surface area contributed by atoms with Crippen molar-refractivity contribution in [2.24, 2.45) is 46.3 Å². The number of hydrogen-bond acceptors (Lipinski definition) is 3. The Morgan fingerprint density at radius 1 is 0.964 bits per heavy atom. The van der Waals surface area contributed by atoms with Crippen molar-refractivity contribution in [3.8, 4) is 0 Å². The van der Waals surface area contributed by atoms with Gasteiger partial charge in [0.2, 0.25) is 0 Å². The lowest BCUT2D eigenvalue weighted by Crippen LogP contribution is -2.62. The van der Waals surface area contributed by atoms with Gasteiger partial charge in [0.05, 0.1) is 18.3 Å². The van der Waals surface area contributed by atoms with E-state index in [1.54, 1.807) is 0 Å². The minimum atomic E-state index is -0.255. The van der Waals surface area contributed by atoms with Gasteiger partial charge in [-0.25, -0.2) is 0 Å². The van der Waals surface area contributed by atoms with Crippen molar-refractivity contribution >= 4 is 0 Å². The molecule has 0 spiro atoms. The number of aliphatic hydroxyl groups is 3. The fraction of sp³-hybridized carbons (Fsp3) is 1.00. The fourth-order valence-electron chi connectivity index (χ4n) is 8.86. The molecule has 3 N–H and O–H groups in total. The van der Waals surface area contributed by atoms with Gasteiger partial charge in [0.15, 0.2) is 0 Å². The van der Waals surface area contributed by atoms with E-state index in [-0.39, 0.29) is 29.1 Å². The molecule has 4 aliphatic rings. The minimum Gasteiger partial charge on any atom is -0.393 e. The van der Waals surface area contributed by atoms with Gasteiger partial charge in [-0.2, -0.15) is 0 Å². The van der Waals surface area contributed by atoms with Gasteiger partial charge in [0, 0.05) is 0 Å². The van der Waals surface area contributed by atoms with Crippen LogP contribution in [-0.4, -0.2) is 33.6 Å². The summed E-state index contributed by atoms with van der Waals surface area (Å²) in [6.07, 6.45) is 9.99. The van der Waals surface area contributed by atoms with Crippen molar-refractivity contribution in [3.63, 3.8) is 0 Å². The molecule has 4 fully saturated rings. The monoisotopic (exact) mass is 392 g/mol. The molecule has 0 radical (unpaired) electrons. The molecule has 4 rings (SSSR count). The number of hydrogen-bond donors (Lipinski definition) is 3. The Kier molecular flexibility index (Phi) is 5.69. The van der Waals surface area contributed by atoms with Gasteiger partial charge < -0.3 is 15.3 Å². The van der Waals surface area contributed by atoms with Gasteiger partial charge >= 0.3 is 0 Å². The van der Waals surface area contributed by atoms with E-state index in [0.29, 0.717) is 35.5 Å². The van der Waals surface area contributed by atoms with Crippen molar-refractivity contribution in [1.82, 2.24) is 0 Å². The maximum atomic E-state index is 11.5. The van der Waals surface area contributed by atoms with Gasteiger partial charge in [0.1, 0.15) is 0 Å². The summed E-state index contributed by atoms with van der Waals surface area (Å²) in [5.41, 5.74) is 0.143. The molecule has 3 heteroatoms. The summed E-state index contributed by atoms with van der Waals surface area (Å²) in [4.78, 5) is 0. The van der Waals surface area contributed by atoms with Crippen LogP contribution >= 0.6 is 0 Å². The lowest BCUT2D eigenvalue weighted by Gasteiger charge is -2.63.